The topological polar surface area (TPSA) is 21.3 Å². The van der Waals surface area contributed by atoms with Gasteiger partial charge in [0.1, 0.15) is 5.75 Å². The summed E-state index contributed by atoms with van der Waals surface area (Å²) in [7, 11) is 0. The monoisotopic (exact) mass is 259 g/mol. The van der Waals surface area contributed by atoms with Crippen LogP contribution in [-0.4, -0.2) is 19.2 Å². The second-order valence-electron chi connectivity index (χ2n) is 6.26. The van der Waals surface area contributed by atoms with Crippen LogP contribution in [0.25, 0.3) is 0 Å². The van der Waals surface area contributed by atoms with E-state index in [1.54, 1.807) is 0 Å². The average molecular weight is 259 g/mol. The van der Waals surface area contributed by atoms with E-state index in [2.05, 4.69) is 36.5 Å². The third kappa shape index (κ3) is 3.11. The molecule has 0 bridgehead atoms. The molecule has 1 saturated carbocycles. The Hall–Kier alpha value is -1.02. The highest BCUT2D eigenvalue weighted by molar-refractivity contribution is 5.39. The van der Waals surface area contributed by atoms with Crippen molar-refractivity contribution in [3.05, 3.63) is 29.8 Å². The molecule has 0 spiro atoms. The molecule has 2 aliphatic rings. The van der Waals surface area contributed by atoms with Crippen LogP contribution >= 0.6 is 0 Å². The van der Waals surface area contributed by atoms with Gasteiger partial charge in [-0.15, -0.1) is 0 Å². The lowest BCUT2D eigenvalue weighted by molar-refractivity contribution is 0.318. The number of ether oxygens (including phenoxy) is 1. The van der Waals surface area contributed by atoms with E-state index in [-0.39, 0.29) is 0 Å². The van der Waals surface area contributed by atoms with E-state index in [1.165, 1.54) is 37.7 Å². The molecule has 1 aliphatic heterocycles. The molecule has 0 aromatic heterocycles. The summed E-state index contributed by atoms with van der Waals surface area (Å²) in [5.41, 5.74) is 1.39. The van der Waals surface area contributed by atoms with Crippen molar-refractivity contribution < 1.29 is 4.74 Å². The largest absolute Gasteiger partial charge is 0.493 e. The van der Waals surface area contributed by atoms with Crippen LogP contribution in [-0.2, 0) is 0 Å². The molecule has 0 radical (unpaired) electrons. The van der Waals surface area contributed by atoms with Gasteiger partial charge in [0.25, 0.3) is 0 Å². The molecule has 1 aliphatic carbocycles. The van der Waals surface area contributed by atoms with Crippen LogP contribution in [0.4, 0.5) is 0 Å². The van der Waals surface area contributed by atoms with Gasteiger partial charge in [-0.3, -0.25) is 0 Å². The fourth-order valence-corrected chi connectivity index (χ4v) is 3.40. The Kier molecular flexibility index (Phi) is 4.07. The summed E-state index contributed by atoms with van der Waals surface area (Å²) in [6.07, 6.45) is 6.87. The van der Waals surface area contributed by atoms with Crippen molar-refractivity contribution in [3.8, 4) is 5.75 Å². The van der Waals surface area contributed by atoms with E-state index < -0.39 is 0 Å². The van der Waals surface area contributed by atoms with E-state index in [0.29, 0.717) is 5.92 Å². The number of benzene rings is 1. The third-order valence-electron chi connectivity index (χ3n) is 4.71. The highest BCUT2D eigenvalue weighted by Gasteiger charge is 2.24. The van der Waals surface area contributed by atoms with E-state index in [1.807, 2.05) is 0 Å². The normalized spacial score (nSPS) is 30.5. The molecule has 2 heteroatoms. The molecule has 3 rings (SSSR count). The van der Waals surface area contributed by atoms with E-state index >= 15 is 0 Å². The van der Waals surface area contributed by atoms with Crippen LogP contribution in [0.2, 0.25) is 0 Å². The predicted octanol–water partition coefficient (Wildman–Crippen LogP) is 3.72. The summed E-state index contributed by atoms with van der Waals surface area (Å²) >= 11 is 0. The lowest BCUT2D eigenvalue weighted by Gasteiger charge is -2.19. The Labute approximate surface area is 116 Å². The van der Waals surface area contributed by atoms with Gasteiger partial charge >= 0.3 is 0 Å². The molecule has 1 heterocycles. The predicted molar refractivity (Wildman–Crippen MR) is 78.7 cm³/mol. The number of rotatable bonds is 3. The number of fused-ring (bicyclic) bond motifs is 1. The molecule has 104 valence electrons. The number of hydrogen-bond acceptors (Lipinski definition) is 2. The van der Waals surface area contributed by atoms with Crippen molar-refractivity contribution in [1.82, 2.24) is 5.32 Å². The zero-order chi connectivity index (χ0) is 13.1. The molecule has 0 amide bonds. The van der Waals surface area contributed by atoms with Crippen molar-refractivity contribution in [2.45, 2.75) is 51.0 Å². The minimum Gasteiger partial charge on any atom is -0.493 e. The Morgan fingerprint density at radius 3 is 3.00 bits per heavy atom. The number of nitrogens with one attached hydrogen (secondary N) is 1. The second-order valence-corrected chi connectivity index (χ2v) is 6.26. The smallest absolute Gasteiger partial charge is 0.122 e. The van der Waals surface area contributed by atoms with Crippen LogP contribution in [0, 0.1) is 5.92 Å². The Morgan fingerprint density at radius 2 is 2.05 bits per heavy atom. The summed E-state index contributed by atoms with van der Waals surface area (Å²) < 4.78 is 5.75. The Balaban J connectivity index is 1.53. The number of hydrogen-bond donors (Lipinski definition) is 1. The maximum absolute atomic E-state index is 5.75. The van der Waals surface area contributed by atoms with Crippen molar-refractivity contribution in [1.29, 1.82) is 0 Å². The van der Waals surface area contributed by atoms with Crippen LogP contribution in [0.3, 0.4) is 0 Å². The molecule has 1 fully saturated rings. The first-order chi connectivity index (χ1) is 9.33. The molecular formula is C17H25NO. The van der Waals surface area contributed by atoms with Crippen molar-refractivity contribution in [2.75, 3.05) is 13.2 Å². The summed E-state index contributed by atoms with van der Waals surface area (Å²) in [6.45, 7) is 4.30. The van der Waals surface area contributed by atoms with Gasteiger partial charge in [0.2, 0.25) is 0 Å². The van der Waals surface area contributed by atoms with Crippen LogP contribution in [0.5, 0.6) is 5.75 Å². The molecule has 1 aromatic carbocycles. The van der Waals surface area contributed by atoms with E-state index in [9.17, 15) is 0 Å². The minimum absolute atomic E-state index is 0.539. The fourth-order valence-electron chi connectivity index (χ4n) is 3.40. The molecule has 0 saturated heterocycles. The van der Waals surface area contributed by atoms with Gasteiger partial charge in [-0.25, -0.2) is 0 Å². The maximum atomic E-state index is 5.75. The molecule has 1 aromatic rings. The van der Waals surface area contributed by atoms with Crippen LogP contribution in [0.15, 0.2) is 24.3 Å². The van der Waals surface area contributed by atoms with Gasteiger partial charge in [-0.2, -0.15) is 0 Å². The van der Waals surface area contributed by atoms with E-state index in [0.717, 1.165) is 30.9 Å². The number of para-hydroxylation sites is 1. The summed E-state index contributed by atoms with van der Waals surface area (Å²) in [5, 5.41) is 3.78. The highest BCUT2D eigenvalue weighted by Crippen LogP contribution is 2.33. The summed E-state index contributed by atoms with van der Waals surface area (Å²) in [5.74, 6) is 2.54. The second kappa shape index (κ2) is 5.96. The zero-order valence-corrected chi connectivity index (χ0v) is 11.9. The highest BCUT2D eigenvalue weighted by atomic mass is 16.5. The molecule has 3 atom stereocenters. The summed E-state index contributed by atoms with van der Waals surface area (Å²) in [6, 6.07) is 9.19. The zero-order valence-electron chi connectivity index (χ0n) is 11.9. The molecule has 19 heavy (non-hydrogen) atoms. The SMILES string of the molecule is CC1CCCC(NCC2COc3ccccc32)CC1. The van der Waals surface area contributed by atoms with Crippen LogP contribution < -0.4 is 10.1 Å². The minimum atomic E-state index is 0.539. The first kappa shape index (κ1) is 13.0. The fraction of sp³-hybridized carbons (Fsp3) is 0.647. The van der Waals surface area contributed by atoms with Crippen molar-refractivity contribution >= 4 is 0 Å². The van der Waals surface area contributed by atoms with E-state index in [4.69, 9.17) is 4.74 Å². The first-order valence-electron chi connectivity index (χ1n) is 7.78. The van der Waals surface area contributed by atoms with Gasteiger partial charge in [0.15, 0.2) is 0 Å². The lowest BCUT2D eigenvalue weighted by atomic mass is 10.00. The van der Waals surface area contributed by atoms with Gasteiger partial charge in [0, 0.05) is 24.1 Å². The Bertz CT molecular complexity index is 417. The molecule has 2 nitrogen and oxygen atoms in total. The molecule has 1 N–H and O–H groups in total. The van der Waals surface area contributed by atoms with Gasteiger partial charge in [-0.1, -0.05) is 38.0 Å². The standard InChI is InChI=1S/C17H25NO/c1-13-5-4-6-15(10-9-13)18-11-14-12-19-17-8-3-2-7-16(14)17/h2-3,7-8,13-15,18H,4-6,9-12H2,1H3. The Morgan fingerprint density at radius 1 is 1.16 bits per heavy atom. The van der Waals surface area contributed by atoms with Crippen LogP contribution in [0.1, 0.15) is 50.5 Å². The summed E-state index contributed by atoms with van der Waals surface area (Å²) in [4.78, 5) is 0. The molecule has 3 unspecified atom stereocenters. The van der Waals surface area contributed by atoms with Crippen molar-refractivity contribution in [3.63, 3.8) is 0 Å². The lowest BCUT2D eigenvalue weighted by Crippen LogP contribution is -2.32. The van der Waals surface area contributed by atoms with Gasteiger partial charge < -0.3 is 10.1 Å². The van der Waals surface area contributed by atoms with Gasteiger partial charge in [0.05, 0.1) is 6.61 Å². The third-order valence-corrected chi connectivity index (χ3v) is 4.71. The molecular weight excluding hydrogens is 234 g/mol. The van der Waals surface area contributed by atoms with Crippen molar-refractivity contribution in [2.24, 2.45) is 5.92 Å². The van der Waals surface area contributed by atoms with Gasteiger partial charge in [-0.05, 0) is 31.2 Å². The average Bonchev–Trinajstić information content (AvgIpc) is 2.73. The first-order valence-corrected chi connectivity index (χ1v) is 7.78. The quantitative estimate of drug-likeness (QED) is 0.835. The maximum Gasteiger partial charge on any atom is 0.122 e.